The van der Waals surface area contributed by atoms with Gasteiger partial charge >= 0.3 is 6.03 Å². The molecule has 0 heterocycles. The van der Waals surface area contributed by atoms with Crippen LogP contribution in [-0.4, -0.2) is 19.1 Å². The van der Waals surface area contributed by atoms with Gasteiger partial charge < -0.3 is 5.32 Å². The summed E-state index contributed by atoms with van der Waals surface area (Å²) in [6.07, 6.45) is 0.607. The van der Waals surface area contributed by atoms with Crippen molar-refractivity contribution >= 4 is 11.7 Å². The average Bonchev–Trinajstić information content (AvgIpc) is 2.49. The van der Waals surface area contributed by atoms with Gasteiger partial charge in [0.25, 0.3) is 0 Å². The number of carbonyl (C=O) groups excluding carboxylic acids is 1. The average molecular weight is 286 g/mol. The van der Waals surface area contributed by atoms with Crippen molar-refractivity contribution in [3.8, 4) is 0 Å². The van der Waals surface area contributed by atoms with E-state index in [2.05, 4.69) is 5.32 Å². The van der Waals surface area contributed by atoms with Crippen LogP contribution in [0.2, 0.25) is 0 Å². The summed E-state index contributed by atoms with van der Waals surface area (Å²) in [7, 11) is 0. The third-order valence-electron chi connectivity index (χ3n) is 3.21. The first kappa shape index (κ1) is 15.0. The molecule has 0 atom stereocenters. The number of para-hydroxylation sites is 1. The quantitative estimate of drug-likeness (QED) is 0.895. The maximum atomic E-state index is 13.1. The van der Waals surface area contributed by atoms with Crippen LogP contribution in [0.1, 0.15) is 12.5 Å². The number of halogens is 1. The molecule has 4 heteroatoms. The van der Waals surface area contributed by atoms with E-state index in [1.165, 1.54) is 12.1 Å². The van der Waals surface area contributed by atoms with Crippen LogP contribution >= 0.6 is 0 Å². The van der Waals surface area contributed by atoms with Crippen LogP contribution in [0.4, 0.5) is 14.9 Å². The molecule has 1 N–H and O–H groups in total. The fourth-order valence-corrected chi connectivity index (χ4v) is 2.15. The third-order valence-corrected chi connectivity index (χ3v) is 3.21. The minimum Gasteiger partial charge on any atom is -0.337 e. The van der Waals surface area contributed by atoms with E-state index in [4.69, 9.17) is 0 Å². The molecule has 0 saturated heterocycles. The zero-order valence-corrected chi connectivity index (χ0v) is 12.1. The smallest absolute Gasteiger partial charge is 0.321 e. The first-order valence-corrected chi connectivity index (χ1v) is 7.05. The fraction of sp³-hybridized carbons (Fsp3) is 0.235. The van der Waals surface area contributed by atoms with Gasteiger partial charge in [0.2, 0.25) is 0 Å². The lowest BCUT2D eigenvalue weighted by molar-refractivity contribution is 0.246. The first-order valence-electron chi connectivity index (χ1n) is 7.05. The first-order chi connectivity index (χ1) is 10.2. The normalized spacial score (nSPS) is 10.2. The van der Waals surface area contributed by atoms with E-state index in [0.29, 0.717) is 19.5 Å². The van der Waals surface area contributed by atoms with Crippen molar-refractivity contribution < 1.29 is 9.18 Å². The van der Waals surface area contributed by atoms with Crippen LogP contribution in [0.3, 0.4) is 0 Å². The highest BCUT2D eigenvalue weighted by Gasteiger charge is 2.12. The van der Waals surface area contributed by atoms with Gasteiger partial charge in [0, 0.05) is 18.8 Å². The Morgan fingerprint density at radius 2 is 1.90 bits per heavy atom. The number of hydrogen-bond donors (Lipinski definition) is 1. The molecule has 0 bridgehead atoms. The van der Waals surface area contributed by atoms with E-state index in [-0.39, 0.29) is 11.8 Å². The number of nitrogens with zero attached hydrogens (tertiary/aromatic N) is 1. The Balaban J connectivity index is 1.89. The number of amides is 2. The molecule has 0 radical (unpaired) electrons. The molecule has 2 rings (SSSR count). The van der Waals surface area contributed by atoms with E-state index < -0.39 is 0 Å². The van der Waals surface area contributed by atoms with Gasteiger partial charge in [-0.1, -0.05) is 30.3 Å². The largest absolute Gasteiger partial charge is 0.337 e. The van der Waals surface area contributed by atoms with E-state index >= 15 is 0 Å². The standard InChI is InChI=1S/C17H19FN2O/c1-2-20(16-9-4-3-5-10-16)17(21)19-12-11-14-7-6-8-15(18)13-14/h3-10,13H,2,11-12H2,1H3,(H,19,21). The van der Waals surface area contributed by atoms with Crippen LogP contribution < -0.4 is 10.2 Å². The van der Waals surface area contributed by atoms with Crippen LogP contribution in [0, 0.1) is 5.82 Å². The van der Waals surface area contributed by atoms with Crippen LogP contribution in [0.15, 0.2) is 54.6 Å². The maximum absolute atomic E-state index is 13.1. The lowest BCUT2D eigenvalue weighted by Crippen LogP contribution is -2.40. The highest BCUT2D eigenvalue weighted by molar-refractivity contribution is 5.91. The molecule has 2 amide bonds. The summed E-state index contributed by atoms with van der Waals surface area (Å²) in [6, 6.07) is 15.8. The Hall–Kier alpha value is -2.36. The summed E-state index contributed by atoms with van der Waals surface area (Å²) < 4.78 is 13.1. The molecule has 2 aromatic carbocycles. The highest BCUT2D eigenvalue weighted by Crippen LogP contribution is 2.12. The molecule has 0 saturated carbocycles. The summed E-state index contributed by atoms with van der Waals surface area (Å²) in [5.74, 6) is -0.252. The van der Waals surface area contributed by atoms with Crippen LogP contribution in [-0.2, 0) is 6.42 Å². The summed E-state index contributed by atoms with van der Waals surface area (Å²) in [5, 5.41) is 2.86. The number of benzene rings is 2. The summed E-state index contributed by atoms with van der Waals surface area (Å²) in [4.78, 5) is 13.8. The topological polar surface area (TPSA) is 32.3 Å². The lowest BCUT2D eigenvalue weighted by atomic mass is 10.1. The molecule has 0 aromatic heterocycles. The van der Waals surface area contributed by atoms with Crippen LogP contribution in [0.25, 0.3) is 0 Å². The molecular weight excluding hydrogens is 267 g/mol. The Morgan fingerprint density at radius 3 is 2.57 bits per heavy atom. The van der Waals surface area contributed by atoms with Gasteiger partial charge in [-0.2, -0.15) is 0 Å². The van der Waals surface area contributed by atoms with E-state index in [0.717, 1.165) is 11.3 Å². The van der Waals surface area contributed by atoms with Crippen molar-refractivity contribution in [1.82, 2.24) is 5.32 Å². The molecule has 21 heavy (non-hydrogen) atoms. The minimum absolute atomic E-state index is 0.139. The predicted molar refractivity (Wildman–Crippen MR) is 83.0 cm³/mol. The van der Waals surface area contributed by atoms with Gasteiger partial charge in [0.15, 0.2) is 0 Å². The Labute approximate surface area is 124 Å². The zero-order valence-electron chi connectivity index (χ0n) is 12.1. The molecule has 0 unspecified atom stereocenters. The minimum atomic E-state index is -0.252. The monoisotopic (exact) mass is 286 g/mol. The molecular formula is C17H19FN2O. The van der Waals surface area contributed by atoms with Gasteiger partial charge in [-0.25, -0.2) is 9.18 Å². The van der Waals surface area contributed by atoms with Gasteiger partial charge in [0.1, 0.15) is 5.82 Å². The van der Waals surface area contributed by atoms with Crippen molar-refractivity contribution in [1.29, 1.82) is 0 Å². The summed E-state index contributed by atoms with van der Waals surface area (Å²) in [5.41, 5.74) is 1.74. The molecule has 3 nitrogen and oxygen atoms in total. The van der Waals surface area contributed by atoms with Crippen LogP contribution in [0.5, 0.6) is 0 Å². The van der Waals surface area contributed by atoms with Crippen molar-refractivity contribution in [3.63, 3.8) is 0 Å². The zero-order chi connectivity index (χ0) is 15.1. The Bertz CT molecular complexity index is 586. The van der Waals surface area contributed by atoms with E-state index in [1.807, 2.05) is 43.3 Å². The van der Waals surface area contributed by atoms with Crippen molar-refractivity contribution in [2.75, 3.05) is 18.0 Å². The fourth-order valence-electron chi connectivity index (χ4n) is 2.15. The molecule has 110 valence electrons. The molecule has 0 aliphatic heterocycles. The molecule has 0 spiro atoms. The lowest BCUT2D eigenvalue weighted by Gasteiger charge is -2.21. The number of hydrogen-bond acceptors (Lipinski definition) is 1. The van der Waals surface area contributed by atoms with Crippen molar-refractivity contribution in [3.05, 3.63) is 66.0 Å². The van der Waals surface area contributed by atoms with E-state index in [9.17, 15) is 9.18 Å². The van der Waals surface area contributed by atoms with E-state index in [1.54, 1.807) is 11.0 Å². The third kappa shape index (κ3) is 4.31. The number of carbonyl (C=O) groups is 1. The van der Waals surface area contributed by atoms with Gasteiger partial charge in [-0.05, 0) is 43.2 Å². The molecule has 0 fully saturated rings. The second-order valence-electron chi connectivity index (χ2n) is 4.69. The number of anilines is 1. The number of nitrogens with one attached hydrogen (secondary N) is 1. The Kier molecular flexibility index (Phi) is 5.32. The summed E-state index contributed by atoms with van der Waals surface area (Å²) in [6.45, 7) is 3.00. The van der Waals surface area contributed by atoms with Gasteiger partial charge in [0.05, 0.1) is 0 Å². The molecule has 0 aliphatic carbocycles. The second kappa shape index (κ2) is 7.43. The van der Waals surface area contributed by atoms with Gasteiger partial charge in [-0.15, -0.1) is 0 Å². The van der Waals surface area contributed by atoms with Crippen molar-refractivity contribution in [2.45, 2.75) is 13.3 Å². The second-order valence-corrected chi connectivity index (χ2v) is 4.69. The SMILES string of the molecule is CCN(C(=O)NCCc1cccc(F)c1)c1ccccc1. The predicted octanol–water partition coefficient (Wildman–Crippen LogP) is 3.60. The highest BCUT2D eigenvalue weighted by atomic mass is 19.1. The summed E-state index contributed by atoms with van der Waals surface area (Å²) >= 11 is 0. The van der Waals surface area contributed by atoms with Gasteiger partial charge in [-0.3, -0.25) is 4.90 Å². The number of urea groups is 1. The number of rotatable bonds is 5. The van der Waals surface area contributed by atoms with Crippen molar-refractivity contribution in [2.24, 2.45) is 0 Å². The maximum Gasteiger partial charge on any atom is 0.321 e. The Morgan fingerprint density at radius 1 is 1.14 bits per heavy atom. The molecule has 0 aliphatic rings. The molecule has 2 aromatic rings.